The van der Waals surface area contributed by atoms with Crippen molar-refractivity contribution < 1.29 is 13.2 Å². The van der Waals surface area contributed by atoms with Crippen LogP contribution in [-0.2, 0) is 21.4 Å². The number of likely N-dealkylation sites (tertiary alicyclic amines) is 1. The van der Waals surface area contributed by atoms with Gasteiger partial charge in [0.05, 0.1) is 18.5 Å². The Morgan fingerprint density at radius 1 is 1.26 bits per heavy atom. The van der Waals surface area contributed by atoms with Crippen LogP contribution >= 0.6 is 0 Å². The Labute approximate surface area is 137 Å². The standard InChI is InChI=1S/C16H23N3O3S/c1-23(21,22)19-10-4-7-16(13-19)8-6-15(20)18(12-16)11-14-5-2-3-9-17-14/h2-3,5,9H,4,6-8,10-13H2,1H3/t16-/m0/s1. The second kappa shape index (κ2) is 6.20. The first-order valence-corrected chi connectivity index (χ1v) is 9.86. The van der Waals surface area contributed by atoms with Crippen LogP contribution in [0.1, 0.15) is 31.4 Å². The Balaban J connectivity index is 1.75. The fraction of sp³-hybridized carbons (Fsp3) is 0.625. The number of amides is 1. The summed E-state index contributed by atoms with van der Waals surface area (Å²) in [5, 5.41) is 0. The van der Waals surface area contributed by atoms with Crippen LogP contribution in [0.5, 0.6) is 0 Å². The number of hydrogen-bond donors (Lipinski definition) is 0. The van der Waals surface area contributed by atoms with Crippen molar-refractivity contribution in [2.75, 3.05) is 25.9 Å². The molecule has 2 saturated heterocycles. The van der Waals surface area contributed by atoms with E-state index in [4.69, 9.17) is 0 Å². The summed E-state index contributed by atoms with van der Waals surface area (Å²) in [6.07, 6.45) is 6.10. The summed E-state index contributed by atoms with van der Waals surface area (Å²) in [6.45, 7) is 2.24. The summed E-state index contributed by atoms with van der Waals surface area (Å²) in [6, 6.07) is 5.69. The molecule has 1 amide bonds. The molecule has 0 unspecified atom stereocenters. The Kier molecular flexibility index (Phi) is 4.42. The molecule has 23 heavy (non-hydrogen) atoms. The first kappa shape index (κ1) is 16.4. The van der Waals surface area contributed by atoms with Gasteiger partial charge in [0.1, 0.15) is 0 Å². The van der Waals surface area contributed by atoms with Crippen LogP contribution in [0.3, 0.4) is 0 Å². The number of aromatic nitrogens is 1. The molecular weight excluding hydrogens is 314 g/mol. The summed E-state index contributed by atoms with van der Waals surface area (Å²) in [5.74, 6) is 0.137. The third-order valence-electron chi connectivity index (χ3n) is 4.92. The number of pyridine rings is 1. The quantitative estimate of drug-likeness (QED) is 0.832. The maximum Gasteiger partial charge on any atom is 0.222 e. The zero-order valence-electron chi connectivity index (χ0n) is 13.4. The lowest BCUT2D eigenvalue weighted by molar-refractivity contribution is -0.139. The average Bonchev–Trinajstić information content (AvgIpc) is 2.52. The third-order valence-corrected chi connectivity index (χ3v) is 6.17. The molecule has 2 aliphatic heterocycles. The van der Waals surface area contributed by atoms with Crippen molar-refractivity contribution in [1.29, 1.82) is 0 Å². The van der Waals surface area contributed by atoms with Crippen molar-refractivity contribution in [3.05, 3.63) is 30.1 Å². The fourth-order valence-corrected chi connectivity index (χ4v) is 4.68. The second-order valence-corrected chi connectivity index (χ2v) is 8.75. The fourth-order valence-electron chi connectivity index (χ4n) is 3.71. The minimum absolute atomic E-state index is 0.107. The Morgan fingerprint density at radius 3 is 2.78 bits per heavy atom. The number of rotatable bonds is 3. The molecular formula is C16H23N3O3S. The van der Waals surface area contributed by atoms with Crippen LogP contribution in [0.4, 0.5) is 0 Å². The largest absolute Gasteiger partial charge is 0.336 e. The van der Waals surface area contributed by atoms with Gasteiger partial charge in [0.15, 0.2) is 0 Å². The average molecular weight is 337 g/mol. The number of sulfonamides is 1. The summed E-state index contributed by atoms with van der Waals surface area (Å²) in [4.78, 5) is 18.4. The van der Waals surface area contributed by atoms with Gasteiger partial charge in [-0.25, -0.2) is 12.7 Å². The Bertz CT molecular complexity index is 677. The lowest BCUT2D eigenvalue weighted by Gasteiger charge is -2.47. The topological polar surface area (TPSA) is 70.6 Å². The predicted octanol–water partition coefficient (Wildman–Crippen LogP) is 1.25. The SMILES string of the molecule is CS(=O)(=O)N1CCC[C@@]2(CCC(=O)N(Cc3ccccn3)C2)C1. The van der Waals surface area contributed by atoms with E-state index in [2.05, 4.69) is 4.98 Å². The zero-order valence-corrected chi connectivity index (χ0v) is 14.3. The van der Waals surface area contributed by atoms with Gasteiger partial charge in [0.2, 0.25) is 15.9 Å². The maximum atomic E-state index is 12.3. The highest BCUT2D eigenvalue weighted by atomic mass is 32.2. The summed E-state index contributed by atoms with van der Waals surface area (Å²) < 4.78 is 25.3. The molecule has 0 aliphatic carbocycles. The molecule has 1 atom stereocenters. The van der Waals surface area contributed by atoms with Crippen LogP contribution in [0.25, 0.3) is 0 Å². The highest BCUT2D eigenvalue weighted by Gasteiger charge is 2.43. The van der Waals surface area contributed by atoms with Crippen molar-refractivity contribution in [2.45, 2.75) is 32.2 Å². The van der Waals surface area contributed by atoms with Crippen LogP contribution in [-0.4, -0.2) is 54.4 Å². The van der Waals surface area contributed by atoms with Gasteiger partial charge in [-0.3, -0.25) is 9.78 Å². The van der Waals surface area contributed by atoms with Crippen molar-refractivity contribution in [3.8, 4) is 0 Å². The summed E-state index contributed by atoms with van der Waals surface area (Å²) in [5.41, 5.74) is 0.762. The molecule has 0 radical (unpaired) electrons. The molecule has 0 bridgehead atoms. The minimum Gasteiger partial charge on any atom is -0.336 e. The minimum atomic E-state index is -3.17. The first-order valence-electron chi connectivity index (χ1n) is 8.01. The lowest BCUT2D eigenvalue weighted by atomic mass is 9.74. The maximum absolute atomic E-state index is 12.3. The van der Waals surface area contributed by atoms with Crippen LogP contribution in [0, 0.1) is 5.41 Å². The molecule has 3 heterocycles. The van der Waals surface area contributed by atoms with Gasteiger partial charge in [0, 0.05) is 37.7 Å². The monoisotopic (exact) mass is 337 g/mol. The lowest BCUT2D eigenvalue weighted by Crippen LogP contribution is -2.54. The molecule has 6 nitrogen and oxygen atoms in total. The van der Waals surface area contributed by atoms with Crippen LogP contribution in [0.15, 0.2) is 24.4 Å². The van der Waals surface area contributed by atoms with E-state index in [1.165, 1.54) is 6.26 Å². The molecule has 2 aliphatic rings. The van der Waals surface area contributed by atoms with E-state index < -0.39 is 10.0 Å². The number of carbonyl (C=O) groups excluding carboxylic acids is 1. The van der Waals surface area contributed by atoms with Crippen molar-refractivity contribution in [3.63, 3.8) is 0 Å². The van der Waals surface area contributed by atoms with Crippen molar-refractivity contribution in [1.82, 2.24) is 14.2 Å². The van der Waals surface area contributed by atoms with E-state index in [1.54, 1.807) is 10.5 Å². The Morgan fingerprint density at radius 2 is 2.09 bits per heavy atom. The predicted molar refractivity (Wildman–Crippen MR) is 87.0 cm³/mol. The summed E-state index contributed by atoms with van der Waals surface area (Å²) in [7, 11) is -3.17. The first-order chi connectivity index (χ1) is 10.9. The molecule has 126 valence electrons. The molecule has 7 heteroatoms. The number of piperidine rings is 2. The smallest absolute Gasteiger partial charge is 0.222 e. The van der Waals surface area contributed by atoms with Gasteiger partial charge in [-0.15, -0.1) is 0 Å². The molecule has 1 spiro atoms. The molecule has 2 fully saturated rings. The van der Waals surface area contributed by atoms with E-state index in [0.717, 1.165) is 25.0 Å². The molecule has 0 N–H and O–H groups in total. The highest BCUT2D eigenvalue weighted by Crippen LogP contribution is 2.39. The molecule has 0 saturated carbocycles. The number of hydrogen-bond acceptors (Lipinski definition) is 4. The van der Waals surface area contributed by atoms with Crippen molar-refractivity contribution >= 4 is 15.9 Å². The van der Waals surface area contributed by atoms with E-state index in [9.17, 15) is 13.2 Å². The van der Waals surface area contributed by atoms with E-state index in [0.29, 0.717) is 32.6 Å². The van der Waals surface area contributed by atoms with Gasteiger partial charge in [-0.1, -0.05) is 6.07 Å². The van der Waals surface area contributed by atoms with Gasteiger partial charge >= 0.3 is 0 Å². The summed E-state index contributed by atoms with van der Waals surface area (Å²) >= 11 is 0. The van der Waals surface area contributed by atoms with Crippen LogP contribution < -0.4 is 0 Å². The zero-order chi connectivity index (χ0) is 16.5. The number of carbonyl (C=O) groups is 1. The molecule has 1 aromatic rings. The van der Waals surface area contributed by atoms with E-state index >= 15 is 0 Å². The highest BCUT2D eigenvalue weighted by molar-refractivity contribution is 7.88. The van der Waals surface area contributed by atoms with Crippen LogP contribution in [0.2, 0.25) is 0 Å². The van der Waals surface area contributed by atoms with Crippen molar-refractivity contribution in [2.24, 2.45) is 5.41 Å². The van der Waals surface area contributed by atoms with Gasteiger partial charge < -0.3 is 4.90 Å². The Hall–Kier alpha value is -1.47. The van der Waals surface area contributed by atoms with E-state index in [-0.39, 0.29) is 11.3 Å². The normalized spacial score (nSPS) is 26.7. The molecule has 3 rings (SSSR count). The molecule has 1 aromatic heterocycles. The van der Waals surface area contributed by atoms with Gasteiger partial charge in [-0.2, -0.15) is 0 Å². The van der Waals surface area contributed by atoms with Gasteiger partial charge in [-0.05, 0) is 31.4 Å². The van der Waals surface area contributed by atoms with E-state index in [1.807, 2.05) is 23.1 Å². The third kappa shape index (κ3) is 3.72. The second-order valence-electron chi connectivity index (χ2n) is 6.77. The number of nitrogens with zero attached hydrogens (tertiary/aromatic N) is 3. The van der Waals surface area contributed by atoms with Gasteiger partial charge in [0.25, 0.3) is 0 Å². The molecule has 0 aromatic carbocycles.